The van der Waals surface area contributed by atoms with Crippen molar-refractivity contribution in [1.82, 2.24) is 0 Å². The van der Waals surface area contributed by atoms with Crippen molar-refractivity contribution in [3.8, 4) is 5.75 Å². The van der Waals surface area contributed by atoms with Gasteiger partial charge in [-0.25, -0.2) is 15.1 Å². The van der Waals surface area contributed by atoms with Crippen LogP contribution in [-0.4, -0.2) is 25.2 Å². The minimum atomic E-state index is -0.490. The van der Waals surface area contributed by atoms with E-state index in [-0.39, 0.29) is 5.97 Å². The van der Waals surface area contributed by atoms with Gasteiger partial charge >= 0.3 is 11.9 Å². The number of benzene rings is 2. The zero-order valence-corrected chi connectivity index (χ0v) is 17.5. The standard InChI is InChI=1S/C23H26ClNO5/c1-2-22(26)29-17-7-5-3-4-6-16-28-21-14-8-18(9-15-21)23(27)30-25-20-12-10-19(24)11-13-20/h2,8-15,25H,1,3-7,16-17H2. The van der Waals surface area contributed by atoms with Crippen LogP contribution in [0.4, 0.5) is 5.69 Å². The normalized spacial score (nSPS) is 10.2. The molecule has 0 amide bonds. The van der Waals surface area contributed by atoms with Gasteiger partial charge in [-0.1, -0.05) is 37.4 Å². The van der Waals surface area contributed by atoms with Gasteiger partial charge in [0, 0.05) is 11.1 Å². The number of carbonyl (C=O) groups excluding carboxylic acids is 2. The summed E-state index contributed by atoms with van der Waals surface area (Å²) in [6.45, 7) is 4.39. The van der Waals surface area contributed by atoms with Crippen molar-refractivity contribution in [3.05, 3.63) is 71.8 Å². The average molecular weight is 432 g/mol. The van der Waals surface area contributed by atoms with Crippen molar-refractivity contribution in [2.75, 3.05) is 18.7 Å². The van der Waals surface area contributed by atoms with Gasteiger partial charge in [-0.05, 0) is 61.4 Å². The third-order valence-corrected chi connectivity index (χ3v) is 4.42. The first-order chi connectivity index (χ1) is 14.6. The van der Waals surface area contributed by atoms with Crippen LogP contribution in [0.15, 0.2) is 61.2 Å². The largest absolute Gasteiger partial charge is 0.494 e. The summed E-state index contributed by atoms with van der Waals surface area (Å²) < 4.78 is 10.6. The predicted molar refractivity (Wildman–Crippen MR) is 117 cm³/mol. The van der Waals surface area contributed by atoms with E-state index >= 15 is 0 Å². The first kappa shape index (κ1) is 23.3. The lowest BCUT2D eigenvalue weighted by Gasteiger charge is -2.09. The number of esters is 1. The lowest BCUT2D eigenvalue weighted by atomic mass is 10.1. The van der Waals surface area contributed by atoms with Crippen molar-refractivity contribution in [1.29, 1.82) is 0 Å². The van der Waals surface area contributed by atoms with Crippen LogP contribution in [0.1, 0.15) is 42.5 Å². The molecule has 0 aliphatic carbocycles. The quantitative estimate of drug-likeness (QED) is 0.193. The maximum Gasteiger partial charge on any atom is 0.362 e. The van der Waals surface area contributed by atoms with Crippen molar-refractivity contribution in [2.45, 2.75) is 32.1 Å². The lowest BCUT2D eigenvalue weighted by molar-refractivity contribution is -0.137. The number of nitrogens with one attached hydrogen (secondary N) is 1. The Bertz CT molecular complexity index is 805. The van der Waals surface area contributed by atoms with Crippen LogP contribution in [-0.2, 0) is 14.4 Å². The van der Waals surface area contributed by atoms with Crippen LogP contribution in [0, 0.1) is 0 Å². The van der Waals surface area contributed by atoms with Gasteiger partial charge < -0.3 is 14.3 Å². The molecule has 160 valence electrons. The Hall–Kier alpha value is -2.99. The third kappa shape index (κ3) is 9.01. The number of hydrogen-bond donors (Lipinski definition) is 1. The number of hydrogen-bond acceptors (Lipinski definition) is 6. The monoisotopic (exact) mass is 431 g/mol. The number of unbranched alkanes of at least 4 members (excludes halogenated alkanes) is 4. The van der Waals surface area contributed by atoms with E-state index in [1.54, 1.807) is 48.5 Å². The maximum absolute atomic E-state index is 12.1. The van der Waals surface area contributed by atoms with Crippen LogP contribution in [0.25, 0.3) is 0 Å². The molecule has 0 heterocycles. The molecule has 7 heteroatoms. The summed E-state index contributed by atoms with van der Waals surface area (Å²) in [6.07, 6.45) is 6.05. The molecular formula is C23H26ClNO5. The molecular weight excluding hydrogens is 406 g/mol. The molecule has 6 nitrogen and oxygen atoms in total. The fourth-order valence-electron chi connectivity index (χ4n) is 2.53. The Kier molecular flexibility index (Phi) is 10.3. The number of carbonyl (C=O) groups is 2. The van der Waals surface area contributed by atoms with Gasteiger partial charge in [-0.3, -0.25) is 0 Å². The van der Waals surface area contributed by atoms with Crippen molar-refractivity contribution in [3.63, 3.8) is 0 Å². The first-order valence-corrected chi connectivity index (χ1v) is 10.2. The second kappa shape index (κ2) is 13.3. The maximum atomic E-state index is 12.1. The highest BCUT2D eigenvalue weighted by Crippen LogP contribution is 2.16. The molecule has 0 spiro atoms. The van der Waals surface area contributed by atoms with Crippen molar-refractivity contribution >= 4 is 29.2 Å². The summed E-state index contributed by atoms with van der Waals surface area (Å²) in [5, 5.41) is 0.606. The van der Waals surface area contributed by atoms with Crippen molar-refractivity contribution in [2.24, 2.45) is 0 Å². The minimum Gasteiger partial charge on any atom is -0.494 e. The Morgan fingerprint density at radius 1 is 0.900 bits per heavy atom. The summed E-state index contributed by atoms with van der Waals surface area (Å²) in [5.41, 5.74) is 3.64. The first-order valence-electron chi connectivity index (χ1n) is 9.83. The molecule has 0 bridgehead atoms. The van der Waals surface area contributed by atoms with E-state index in [2.05, 4.69) is 12.1 Å². The fraction of sp³-hybridized carbons (Fsp3) is 0.304. The molecule has 0 saturated heterocycles. The molecule has 2 aromatic carbocycles. The van der Waals surface area contributed by atoms with Crippen LogP contribution < -0.4 is 10.2 Å². The summed E-state index contributed by atoms with van der Waals surface area (Å²) in [5.74, 6) is -0.163. The molecule has 2 aromatic rings. The third-order valence-electron chi connectivity index (χ3n) is 4.16. The summed E-state index contributed by atoms with van der Waals surface area (Å²) >= 11 is 5.81. The minimum absolute atomic E-state index is 0.375. The second-order valence-electron chi connectivity index (χ2n) is 6.51. The number of anilines is 1. The van der Waals surface area contributed by atoms with Gasteiger partial charge in [-0.2, -0.15) is 0 Å². The van der Waals surface area contributed by atoms with Crippen LogP contribution >= 0.6 is 11.6 Å². The highest BCUT2D eigenvalue weighted by atomic mass is 35.5. The molecule has 30 heavy (non-hydrogen) atoms. The Labute approximate surface area is 181 Å². The number of ether oxygens (including phenoxy) is 2. The summed E-state index contributed by atoms with van der Waals surface area (Å²) in [4.78, 5) is 28.0. The molecule has 0 atom stereocenters. The van der Waals surface area contributed by atoms with E-state index < -0.39 is 5.97 Å². The molecule has 0 unspecified atom stereocenters. The highest BCUT2D eigenvalue weighted by molar-refractivity contribution is 6.30. The van der Waals surface area contributed by atoms with E-state index in [0.717, 1.165) is 32.1 Å². The van der Waals surface area contributed by atoms with Crippen LogP contribution in [0.5, 0.6) is 5.75 Å². The van der Waals surface area contributed by atoms with Crippen LogP contribution in [0.3, 0.4) is 0 Å². The zero-order valence-electron chi connectivity index (χ0n) is 16.8. The summed E-state index contributed by atoms with van der Waals surface area (Å²) in [7, 11) is 0. The van der Waals surface area contributed by atoms with Crippen LogP contribution in [0.2, 0.25) is 5.02 Å². The molecule has 0 aliphatic rings. The highest BCUT2D eigenvalue weighted by Gasteiger charge is 2.08. The Morgan fingerprint density at radius 3 is 2.20 bits per heavy atom. The summed E-state index contributed by atoms with van der Waals surface area (Å²) in [6, 6.07) is 13.6. The van der Waals surface area contributed by atoms with Gasteiger partial charge in [-0.15, -0.1) is 0 Å². The van der Waals surface area contributed by atoms with E-state index in [1.807, 2.05) is 0 Å². The number of rotatable bonds is 13. The predicted octanol–water partition coefficient (Wildman–Crippen LogP) is 5.58. The molecule has 0 aromatic heterocycles. The van der Waals surface area contributed by atoms with E-state index in [1.165, 1.54) is 6.08 Å². The molecule has 0 saturated carbocycles. The molecule has 1 N–H and O–H groups in total. The van der Waals surface area contributed by atoms with Gasteiger partial charge in [0.15, 0.2) is 0 Å². The van der Waals surface area contributed by atoms with Crippen molar-refractivity contribution < 1.29 is 23.9 Å². The Morgan fingerprint density at radius 2 is 1.53 bits per heavy atom. The molecule has 0 aliphatic heterocycles. The zero-order chi connectivity index (χ0) is 21.6. The Balaban J connectivity index is 1.57. The van der Waals surface area contributed by atoms with Gasteiger partial charge in [0.25, 0.3) is 0 Å². The molecule has 0 fully saturated rings. The van der Waals surface area contributed by atoms with E-state index in [0.29, 0.717) is 35.2 Å². The van der Waals surface area contributed by atoms with E-state index in [4.69, 9.17) is 25.9 Å². The second-order valence-corrected chi connectivity index (χ2v) is 6.95. The smallest absolute Gasteiger partial charge is 0.362 e. The molecule has 2 rings (SSSR count). The van der Waals surface area contributed by atoms with Gasteiger partial charge in [0.1, 0.15) is 5.75 Å². The topological polar surface area (TPSA) is 73.9 Å². The van der Waals surface area contributed by atoms with Gasteiger partial charge in [0.05, 0.1) is 24.5 Å². The number of halogens is 1. The SMILES string of the molecule is C=CC(=O)OCCCCCCCOc1ccc(C(=O)ONc2ccc(Cl)cc2)cc1. The van der Waals surface area contributed by atoms with E-state index in [9.17, 15) is 9.59 Å². The average Bonchev–Trinajstić information content (AvgIpc) is 2.77. The molecule has 0 radical (unpaired) electrons. The lowest BCUT2D eigenvalue weighted by Crippen LogP contribution is -2.10. The van der Waals surface area contributed by atoms with Gasteiger partial charge in [0.2, 0.25) is 0 Å². The fourth-order valence-corrected chi connectivity index (χ4v) is 2.65.